The predicted molar refractivity (Wildman–Crippen MR) is 70.7 cm³/mol. The first-order valence-electron chi connectivity index (χ1n) is 5.60. The fourth-order valence-corrected chi connectivity index (χ4v) is 1.88. The minimum absolute atomic E-state index is 0.211. The molecule has 0 radical (unpaired) electrons. The Morgan fingerprint density at radius 1 is 1.47 bits per heavy atom. The SMILES string of the molecule is CCOC(=O)CCC(Cl)c1ccc(C)c(Cl)c1. The Bertz CT molecular complexity index is 391. The Morgan fingerprint density at radius 3 is 2.76 bits per heavy atom. The van der Waals surface area contributed by atoms with Gasteiger partial charge in [0.2, 0.25) is 0 Å². The molecule has 0 saturated heterocycles. The number of ether oxygens (including phenoxy) is 1. The van der Waals surface area contributed by atoms with Gasteiger partial charge in [-0.1, -0.05) is 23.7 Å². The second kappa shape index (κ2) is 6.87. The molecule has 0 amide bonds. The Labute approximate surface area is 112 Å². The molecule has 94 valence electrons. The summed E-state index contributed by atoms with van der Waals surface area (Å²) in [6, 6.07) is 5.71. The van der Waals surface area contributed by atoms with E-state index in [9.17, 15) is 4.79 Å². The molecule has 1 aromatic rings. The largest absolute Gasteiger partial charge is 0.466 e. The van der Waals surface area contributed by atoms with E-state index >= 15 is 0 Å². The van der Waals surface area contributed by atoms with E-state index in [0.717, 1.165) is 11.1 Å². The summed E-state index contributed by atoms with van der Waals surface area (Å²) in [7, 11) is 0. The lowest BCUT2D eigenvalue weighted by Gasteiger charge is -2.10. The van der Waals surface area contributed by atoms with Gasteiger partial charge in [-0.05, 0) is 37.5 Å². The monoisotopic (exact) mass is 274 g/mol. The number of carbonyl (C=O) groups is 1. The van der Waals surface area contributed by atoms with Crippen LogP contribution in [0.2, 0.25) is 5.02 Å². The Hall–Kier alpha value is -0.730. The summed E-state index contributed by atoms with van der Waals surface area (Å²) < 4.78 is 4.85. The molecule has 2 nitrogen and oxygen atoms in total. The molecule has 1 aromatic carbocycles. The average Bonchev–Trinajstić information content (AvgIpc) is 2.30. The topological polar surface area (TPSA) is 26.3 Å². The van der Waals surface area contributed by atoms with E-state index in [2.05, 4.69) is 0 Å². The Balaban J connectivity index is 2.54. The standard InChI is InChI=1S/C13H16Cl2O2/c1-3-17-13(16)7-6-11(14)10-5-4-9(2)12(15)8-10/h4-5,8,11H,3,6-7H2,1-2H3. The normalized spacial score (nSPS) is 12.2. The summed E-state index contributed by atoms with van der Waals surface area (Å²) in [5.41, 5.74) is 1.95. The maximum absolute atomic E-state index is 11.2. The van der Waals surface area contributed by atoms with Gasteiger partial charge < -0.3 is 4.74 Å². The molecule has 0 spiro atoms. The van der Waals surface area contributed by atoms with Crippen LogP contribution in [0.1, 0.15) is 36.3 Å². The molecule has 0 aliphatic heterocycles. The Morgan fingerprint density at radius 2 is 2.18 bits per heavy atom. The molecular formula is C13H16Cl2O2. The van der Waals surface area contributed by atoms with Crippen LogP contribution >= 0.6 is 23.2 Å². The fourth-order valence-electron chi connectivity index (χ4n) is 1.45. The van der Waals surface area contributed by atoms with Crippen molar-refractivity contribution in [1.29, 1.82) is 0 Å². The molecule has 4 heteroatoms. The molecule has 0 fully saturated rings. The maximum Gasteiger partial charge on any atom is 0.305 e. The van der Waals surface area contributed by atoms with Gasteiger partial charge in [0.05, 0.1) is 12.0 Å². The van der Waals surface area contributed by atoms with Crippen LogP contribution in [0.25, 0.3) is 0 Å². The third-order valence-corrected chi connectivity index (χ3v) is 3.34. The first-order chi connectivity index (χ1) is 8.04. The zero-order chi connectivity index (χ0) is 12.8. The lowest BCUT2D eigenvalue weighted by molar-refractivity contribution is -0.143. The Kier molecular flexibility index (Phi) is 5.79. The summed E-state index contributed by atoms with van der Waals surface area (Å²) in [4.78, 5) is 11.2. The number of hydrogen-bond acceptors (Lipinski definition) is 2. The van der Waals surface area contributed by atoms with Gasteiger partial charge in [0.15, 0.2) is 0 Å². The minimum atomic E-state index is -0.212. The van der Waals surface area contributed by atoms with Crippen molar-refractivity contribution in [3.63, 3.8) is 0 Å². The summed E-state index contributed by atoms with van der Waals surface area (Å²) in [5.74, 6) is -0.212. The highest BCUT2D eigenvalue weighted by Crippen LogP contribution is 2.29. The van der Waals surface area contributed by atoms with Crippen molar-refractivity contribution in [3.05, 3.63) is 34.3 Å². The van der Waals surface area contributed by atoms with Crippen LogP contribution in [0.5, 0.6) is 0 Å². The van der Waals surface area contributed by atoms with E-state index in [1.807, 2.05) is 25.1 Å². The number of rotatable bonds is 5. The lowest BCUT2D eigenvalue weighted by Crippen LogP contribution is -2.05. The molecule has 0 bridgehead atoms. The van der Waals surface area contributed by atoms with E-state index < -0.39 is 0 Å². The highest BCUT2D eigenvalue weighted by atomic mass is 35.5. The third kappa shape index (κ3) is 4.57. The first-order valence-corrected chi connectivity index (χ1v) is 6.41. The van der Waals surface area contributed by atoms with Crippen LogP contribution in [-0.4, -0.2) is 12.6 Å². The zero-order valence-electron chi connectivity index (χ0n) is 10.0. The van der Waals surface area contributed by atoms with Gasteiger partial charge in [-0.2, -0.15) is 0 Å². The van der Waals surface area contributed by atoms with E-state index in [4.69, 9.17) is 27.9 Å². The summed E-state index contributed by atoms with van der Waals surface area (Å²) >= 11 is 12.2. The molecule has 0 saturated carbocycles. The molecule has 0 aliphatic carbocycles. The zero-order valence-corrected chi connectivity index (χ0v) is 11.5. The molecule has 0 heterocycles. The van der Waals surface area contributed by atoms with Gasteiger partial charge >= 0.3 is 5.97 Å². The van der Waals surface area contributed by atoms with Crippen molar-refractivity contribution in [3.8, 4) is 0 Å². The third-order valence-electron chi connectivity index (χ3n) is 2.46. The van der Waals surface area contributed by atoms with Gasteiger partial charge in [-0.3, -0.25) is 4.79 Å². The van der Waals surface area contributed by atoms with Crippen molar-refractivity contribution in [2.45, 2.75) is 32.1 Å². The van der Waals surface area contributed by atoms with Crippen molar-refractivity contribution in [2.75, 3.05) is 6.61 Å². The number of benzene rings is 1. The minimum Gasteiger partial charge on any atom is -0.466 e. The molecule has 0 aromatic heterocycles. The smallest absolute Gasteiger partial charge is 0.305 e. The summed E-state index contributed by atoms with van der Waals surface area (Å²) in [6.07, 6.45) is 0.882. The molecular weight excluding hydrogens is 259 g/mol. The molecule has 1 atom stereocenters. The van der Waals surface area contributed by atoms with Crippen LogP contribution < -0.4 is 0 Å². The van der Waals surface area contributed by atoms with Crippen molar-refractivity contribution >= 4 is 29.2 Å². The molecule has 0 N–H and O–H groups in total. The van der Waals surface area contributed by atoms with Crippen LogP contribution in [0, 0.1) is 6.92 Å². The quantitative estimate of drug-likeness (QED) is 0.592. The highest BCUT2D eigenvalue weighted by Gasteiger charge is 2.12. The molecule has 0 aliphatic rings. The first kappa shape index (κ1) is 14.3. The van der Waals surface area contributed by atoms with Crippen LogP contribution in [0.4, 0.5) is 0 Å². The van der Waals surface area contributed by atoms with Gasteiger partial charge in [0.25, 0.3) is 0 Å². The number of halogens is 2. The summed E-state index contributed by atoms with van der Waals surface area (Å²) in [5, 5.41) is 0.488. The van der Waals surface area contributed by atoms with Crippen LogP contribution in [0.3, 0.4) is 0 Å². The van der Waals surface area contributed by atoms with E-state index in [1.165, 1.54) is 0 Å². The van der Waals surface area contributed by atoms with Crippen molar-refractivity contribution in [2.24, 2.45) is 0 Å². The molecule has 1 unspecified atom stereocenters. The van der Waals surface area contributed by atoms with Gasteiger partial charge in [0.1, 0.15) is 0 Å². The van der Waals surface area contributed by atoms with Gasteiger partial charge in [-0.25, -0.2) is 0 Å². The molecule has 17 heavy (non-hydrogen) atoms. The number of hydrogen-bond donors (Lipinski definition) is 0. The predicted octanol–water partition coefficient (Wildman–Crippen LogP) is 4.27. The van der Waals surface area contributed by atoms with Gasteiger partial charge in [-0.15, -0.1) is 11.6 Å². The second-order valence-electron chi connectivity index (χ2n) is 3.82. The van der Waals surface area contributed by atoms with Crippen LogP contribution in [0.15, 0.2) is 18.2 Å². The number of esters is 1. The van der Waals surface area contributed by atoms with E-state index in [0.29, 0.717) is 24.5 Å². The average molecular weight is 275 g/mol. The molecule has 1 rings (SSSR count). The van der Waals surface area contributed by atoms with Crippen LogP contribution in [-0.2, 0) is 9.53 Å². The van der Waals surface area contributed by atoms with Gasteiger partial charge in [0, 0.05) is 11.4 Å². The van der Waals surface area contributed by atoms with E-state index in [-0.39, 0.29) is 11.3 Å². The lowest BCUT2D eigenvalue weighted by atomic mass is 10.1. The highest BCUT2D eigenvalue weighted by molar-refractivity contribution is 6.31. The maximum atomic E-state index is 11.2. The van der Waals surface area contributed by atoms with Crippen molar-refractivity contribution in [1.82, 2.24) is 0 Å². The second-order valence-corrected chi connectivity index (χ2v) is 4.75. The number of alkyl halides is 1. The summed E-state index contributed by atoms with van der Waals surface area (Å²) in [6.45, 7) is 4.13. The van der Waals surface area contributed by atoms with E-state index in [1.54, 1.807) is 6.92 Å². The van der Waals surface area contributed by atoms with Crippen molar-refractivity contribution < 1.29 is 9.53 Å². The number of carbonyl (C=O) groups excluding carboxylic acids is 1. The fraction of sp³-hybridized carbons (Fsp3) is 0.462. The number of aryl methyl sites for hydroxylation is 1.